The number of hydrogen-bond donors (Lipinski definition) is 1. The Balaban J connectivity index is 1.79. The second-order valence-electron chi connectivity index (χ2n) is 5.33. The fraction of sp³-hybridized carbons (Fsp3) is 0.294. The minimum atomic E-state index is 0.716. The summed E-state index contributed by atoms with van der Waals surface area (Å²) < 4.78 is 0. The number of rotatable bonds is 4. The van der Waals surface area contributed by atoms with E-state index in [2.05, 4.69) is 54.7 Å². The zero-order valence-corrected chi connectivity index (χ0v) is 11.9. The lowest BCUT2D eigenvalue weighted by Gasteiger charge is -2.08. The molecule has 0 aliphatic heterocycles. The van der Waals surface area contributed by atoms with Crippen LogP contribution in [0.3, 0.4) is 0 Å². The molecule has 1 aliphatic rings. The highest BCUT2D eigenvalue weighted by molar-refractivity contribution is 6.31. The van der Waals surface area contributed by atoms with Gasteiger partial charge in [-0.2, -0.15) is 0 Å². The van der Waals surface area contributed by atoms with Gasteiger partial charge in [0.2, 0.25) is 0 Å². The monoisotopic (exact) mass is 271 g/mol. The van der Waals surface area contributed by atoms with Crippen molar-refractivity contribution >= 4 is 11.6 Å². The fourth-order valence-electron chi connectivity index (χ4n) is 2.16. The molecule has 1 aliphatic carbocycles. The Morgan fingerprint density at radius 3 is 2.37 bits per heavy atom. The van der Waals surface area contributed by atoms with Gasteiger partial charge in [-0.25, -0.2) is 0 Å². The summed E-state index contributed by atoms with van der Waals surface area (Å²) in [6, 6.07) is 15.6. The van der Waals surface area contributed by atoms with Crippen molar-refractivity contribution in [3.63, 3.8) is 0 Å². The molecule has 3 rings (SSSR count). The zero-order chi connectivity index (χ0) is 13.2. The molecule has 0 spiro atoms. The first-order chi connectivity index (χ1) is 9.22. The van der Waals surface area contributed by atoms with Crippen LogP contribution in [0.5, 0.6) is 0 Å². The smallest absolute Gasteiger partial charge is 0.0457 e. The van der Waals surface area contributed by atoms with Gasteiger partial charge < -0.3 is 5.32 Å². The molecule has 0 bridgehead atoms. The SMILES string of the molecule is Cc1ccc(-c2ccc(CNC3CC3)c(Cl)c2)cc1. The summed E-state index contributed by atoms with van der Waals surface area (Å²) in [5, 5.41) is 4.35. The summed E-state index contributed by atoms with van der Waals surface area (Å²) in [6.07, 6.45) is 2.61. The van der Waals surface area contributed by atoms with Gasteiger partial charge in [0.1, 0.15) is 0 Å². The van der Waals surface area contributed by atoms with E-state index in [1.165, 1.54) is 35.1 Å². The quantitative estimate of drug-likeness (QED) is 0.859. The fourth-order valence-corrected chi connectivity index (χ4v) is 2.41. The molecule has 2 aromatic rings. The van der Waals surface area contributed by atoms with Gasteiger partial charge in [0.05, 0.1) is 0 Å². The van der Waals surface area contributed by atoms with Gasteiger partial charge in [-0.15, -0.1) is 0 Å². The molecule has 0 saturated heterocycles. The van der Waals surface area contributed by atoms with Gasteiger partial charge in [-0.05, 0) is 42.5 Å². The molecule has 0 aromatic heterocycles. The molecule has 0 unspecified atom stereocenters. The molecule has 1 saturated carbocycles. The molecule has 98 valence electrons. The number of benzene rings is 2. The Morgan fingerprint density at radius 2 is 1.74 bits per heavy atom. The lowest BCUT2D eigenvalue weighted by molar-refractivity contribution is 0.688. The van der Waals surface area contributed by atoms with Gasteiger partial charge in [0.15, 0.2) is 0 Å². The first kappa shape index (κ1) is 12.7. The average Bonchev–Trinajstić information content (AvgIpc) is 3.22. The van der Waals surface area contributed by atoms with Crippen molar-refractivity contribution in [1.29, 1.82) is 0 Å². The standard InChI is InChI=1S/C17H18ClN/c1-12-2-4-13(5-3-12)14-6-7-15(17(18)10-14)11-19-16-8-9-16/h2-7,10,16,19H,8-9,11H2,1H3. The second-order valence-corrected chi connectivity index (χ2v) is 5.73. The lowest BCUT2D eigenvalue weighted by Crippen LogP contribution is -2.15. The van der Waals surface area contributed by atoms with Gasteiger partial charge in [0, 0.05) is 17.6 Å². The molecule has 1 N–H and O–H groups in total. The highest BCUT2D eigenvalue weighted by atomic mass is 35.5. The van der Waals surface area contributed by atoms with Crippen LogP contribution in [0.25, 0.3) is 11.1 Å². The summed E-state index contributed by atoms with van der Waals surface area (Å²) in [4.78, 5) is 0. The van der Waals surface area contributed by atoms with Crippen LogP contribution in [0.15, 0.2) is 42.5 Å². The Labute approximate surface area is 119 Å². The van der Waals surface area contributed by atoms with E-state index in [-0.39, 0.29) is 0 Å². The topological polar surface area (TPSA) is 12.0 Å². The third-order valence-corrected chi connectivity index (χ3v) is 3.95. The molecule has 2 heteroatoms. The third kappa shape index (κ3) is 3.17. The van der Waals surface area contributed by atoms with Crippen molar-refractivity contribution < 1.29 is 0 Å². The van der Waals surface area contributed by atoms with E-state index in [1.807, 2.05) is 0 Å². The number of hydrogen-bond acceptors (Lipinski definition) is 1. The highest BCUT2D eigenvalue weighted by Gasteiger charge is 2.20. The summed E-state index contributed by atoms with van der Waals surface area (Å²) in [6.45, 7) is 2.97. The van der Waals surface area contributed by atoms with E-state index in [9.17, 15) is 0 Å². The molecule has 0 atom stereocenters. The third-order valence-electron chi connectivity index (χ3n) is 3.60. The molecule has 2 aromatic carbocycles. The Morgan fingerprint density at radius 1 is 1.05 bits per heavy atom. The Bertz CT molecular complexity index is 570. The Kier molecular flexibility index (Phi) is 3.58. The van der Waals surface area contributed by atoms with Gasteiger partial charge in [0.25, 0.3) is 0 Å². The maximum absolute atomic E-state index is 6.37. The summed E-state index contributed by atoms with van der Waals surface area (Å²) in [5.74, 6) is 0. The maximum atomic E-state index is 6.37. The highest BCUT2D eigenvalue weighted by Crippen LogP contribution is 2.27. The van der Waals surface area contributed by atoms with E-state index in [0.717, 1.165) is 11.6 Å². The van der Waals surface area contributed by atoms with E-state index < -0.39 is 0 Å². The van der Waals surface area contributed by atoms with Crippen LogP contribution in [-0.4, -0.2) is 6.04 Å². The van der Waals surface area contributed by atoms with Gasteiger partial charge in [-0.3, -0.25) is 0 Å². The van der Waals surface area contributed by atoms with Crippen molar-refractivity contribution in [2.24, 2.45) is 0 Å². The maximum Gasteiger partial charge on any atom is 0.0457 e. The van der Waals surface area contributed by atoms with Crippen molar-refractivity contribution in [2.45, 2.75) is 32.4 Å². The van der Waals surface area contributed by atoms with Crippen molar-refractivity contribution in [1.82, 2.24) is 5.32 Å². The normalized spacial score (nSPS) is 14.6. The molecule has 1 fully saturated rings. The first-order valence-corrected chi connectivity index (χ1v) is 7.19. The largest absolute Gasteiger partial charge is 0.310 e. The number of nitrogens with one attached hydrogen (secondary N) is 1. The van der Waals surface area contributed by atoms with Crippen LogP contribution in [-0.2, 0) is 6.54 Å². The van der Waals surface area contributed by atoms with Crippen molar-refractivity contribution in [3.8, 4) is 11.1 Å². The predicted molar refractivity (Wildman–Crippen MR) is 81.5 cm³/mol. The molecular weight excluding hydrogens is 254 g/mol. The number of halogens is 1. The predicted octanol–water partition coefficient (Wildman–Crippen LogP) is 4.57. The molecule has 0 heterocycles. The molecule has 1 nitrogen and oxygen atoms in total. The van der Waals surface area contributed by atoms with Crippen LogP contribution in [0, 0.1) is 6.92 Å². The van der Waals surface area contributed by atoms with Gasteiger partial charge in [-0.1, -0.05) is 53.6 Å². The molecular formula is C17H18ClN. The van der Waals surface area contributed by atoms with Crippen LogP contribution in [0.4, 0.5) is 0 Å². The molecule has 19 heavy (non-hydrogen) atoms. The lowest BCUT2D eigenvalue weighted by atomic mass is 10.0. The Hall–Kier alpha value is -1.31. The van der Waals surface area contributed by atoms with E-state index >= 15 is 0 Å². The van der Waals surface area contributed by atoms with Gasteiger partial charge >= 0.3 is 0 Å². The van der Waals surface area contributed by atoms with Crippen LogP contribution in [0.2, 0.25) is 5.02 Å². The molecule has 0 amide bonds. The van der Waals surface area contributed by atoms with E-state index in [1.54, 1.807) is 0 Å². The van der Waals surface area contributed by atoms with E-state index in [4.69, 9.17) is 11.6 Å². The number of aryl methyl sites for hydroxylation is 1. The zero-order valence-electron chi connectivity index (χ0n) is 11.1. The van der Waals surface area contributed by atoms with Crippen LogP contribution in [0.1, 0.15) is 24.0 Å². The molecule has 0 radical (unpaired) electrons. The minimum Gasteiger partial charge on any atom is -0.310 e. The summed E-state index contributed by atoms with van der Waals surface area (Å²) in [7, 11) is 0. The van der Waals surface area contributed by atoms with Crippen LogP contribution < -0.4 is 5.32 Å². The average molecular weight is 272 g/mol. The minimum absolute atomic E-state index is 0.716. The summed E-state index contributed by atoms with van der Waals surface area (Å²) in [5.41, 5.74) is 4.86. The summed E-state index contributed by atoms with van der Waals surface area (Å²) >= 11 is 6.37. The van der Waals surface area contributed by atoms with Crippen molar-refractivity contribution in [3.05, 3.63) is 58.6 Å². The van der Waals surface area contributed by atoms with E-state index in [0.29, 0.717) is 6.04 Å². The van der Waals surface area contributed by atoms with Crippen molar-refractivity contribution in [2.75, 3.05) is 0 Å². The first-order valence-electron chi connectivity index (χ1n) is 6.81. The second kappa shape index (κ2) is 5.36. The van der Waals surface area contributed by atoms with Crippen LogP contribution >= 0.6 is 11.6 Å².